The highest BCUT2D eigenvalue weighted by Crippen LogP contribution is 2.07. The van der Waals surface area contributed by atoms with Crippen molar-refractivity contribution in [2.24, 2.45) is 0 Å². The molecule has 0 unspecified atom stereocenters. The third-order valence-electron chi connectivity index (χ3n) is 2.48. The Balaban J connectivity index is 2.42. The van der Waals surface area contributed by atoms with Gasteiger partial charge in [0.05, 0.1) is 12.7 Å². The molecule has 0 aliphatic rings. The molecule has 0 aromatic carbocycles. The van der Waals surface area contributed by atoms with Gasteiger partial charge in [0.2, 0.25) is 0 Å². The van der Waals surface area contributed by atoms with Crippen molar-refractivity contribution in [2.45, 2.75) is 24.4 Å². The van der Waals surface area contributed by atoms with Gasteiger partial charge in [-0.3, -0.25) is 0 Å². The molecule has 1 aromatic heterocycles. The van der Waals surface area contributed by atoms with Gasteiger partial charge in [-0.15, -0.1) is 0 Å². The first-order valence-corrected chi connectivity index (χ1v) is 5.54. The van der Waals surface area contributed by atoms with E-state index in [-0.39, 0.29) is 6.54 Å². The Labute approximate surface area is 104 Å². The summed E-state index contributed by atoms with van der Waals surface area (Å²) in [6.07, 6.45) is -4.42. The van der Waals surface area contributed by atoms with E-state index >= 15 is 0 Å². The summed E-state index contributed by atoms with van der Waals surface area (Å²) in [7, 11) is 0. The zero-order valence-electron chi connectivity index (χ0n) is 9.72. The minimum absolute atomic E-state index is 0.0482. The molecule has 18 heavy (non-hydrogen) atoms. The lowest BCUT2D eigenvalue weighted by molar-refractivity contribution is -0.111. The summed E-state index contributed by atoms with van der Waals surface area (Å²) in [6.45, 7) is -0.744. The van der Waals surface area contributed by atoms with Gasteiger partial charge in [0.15, 0.2) is 0 Å². The number of aromatic nitrogens is 1. The number of aliphatic hydroxyl groups is 5. The van der Waals surface area contributed by atoms with E-state index in [2.05, 4.69) is 10.3 Å². The predicted molar refractivity (Wildman–Crippen MR) is 63.8 cm³/mol. The Morgan fingerprint density at radius 1 is 1.06 bits per heavy atom. The molecular weight excluding hydrogens is 240 g/mol. The fourth-order valence-electron chi connectivity index (χ4n) is 1.36. The summed E-state index contributed by atoms with van der Waals surface area (Å²) >= 11 is 0. The van der Waals surface area contributed by atoms with E-state index in [9.17, 15) is 15.3 Å². The molecule has 0 amide bonds. The SMILES string of the molecule is OC[C@@H](O)[C@@H](O)[C@H](O)[C@H](O)CNc1ccccn1. The number of hydrogen-bond acceptors (Lipinski definition) is 7. The smallest absolute Gasteiger partial charge is 0.125 e. The molecule has 7 nitrogen and oxygen atoms in total. The number of aliphatic hydroxyl groups excluding tert-OH is 5. The van der Waals surface area contributed by atoms with Crippen LogP contribution in [0.25, 0.3) is 0 Å². The second-order valence-electron chi connectivity index (χ2n) is 3.89. The van der Waals surface area contributed by atoms with Crippen LogP contribution in [-0.2, 0) is 0 Å². The highest BCUT2D eigenvalue weighted by molar-refractivity contribution is 5.33. The third kappa shape index (κ3) is 4.21. The Kier molecular flexibility index (Phi) is 5.96. The number of nitrogens with one attached hydrogen (secondary N) is 1. The summed E-state index contributed by atoms with van der Waals surface area (Å²) in [4.78, 5) is 3.95. The lowest BCUT2D eigenvalue weighted by Crippen LogP contribution is -2.48. The minimum atomic E-state index is -1.62. The predicted octanol–water partition coefficient (Wildman–Crippen LogP) is -2.07. The van der Waals surface area contributed by atoms with Gasteiger partial charge in [0.1, 0.15) is 24.1 Å². The van der Waals surface area contributed by atoms with E-state index in [0.29, 0.717) is 5.82 Å². The van der Waals surface area contributed by atoms with Crippen molar-refractivity contribution < 1.29 is 25.5 Å². The molecule has 0 fully saturated rings. The lowest BCUT2D eigenvalue weighted by Gasteiger charge is -2.25. The molecule has 0 saturated carbocycles. The van der Waals surface area contributed by atoms with Crippen molar-refractivity contribution in [1.82, 2.24) is 4.98 Å². The zero-order valence-corrected chi connectivity index (χ0v) is 9.72. The van der Waals surface area contributed by atoms with Crippen molar-refractivity contribution in [3.05, 3.63) is 24.4 Å². The molecule has 0 aliphatic carbocycles. The fraction of sp³-hybridized carbons (Fsp3) is 0.545. The van der Waals surface area contributed by atoms with Gasteiger partial charge in [0, 0.05) is 12.7 Å². The first-order valence-electron chi connectivity index (χ1n) is 5.54. The first kappa shape index (κ1) is 14.8. The second kappa shape index (κ2) is 7.24. The van der Waals surface area contributed by atoms with Crippen molar-refractivity contribution in [2.75, 3.05) is 18.5 Å². The summed E-state index contributed by atoms with van der Waals surface area (Å²) < 4.78 is 0. The fourth-order valence-corrected chi connectivity index (χ4v) is 1.36. The van der Waals surface area contributed by atoms with E-state index < -0.39 is 31.0 Å². The largest absolute Gasteiger partial charge is 0.394 e. The van der Waals surface area contributed by atoms with E-state index in [4.69, 9.17) is 10.2 Å². The molecule has 0 bridgehead atoms. The Morgan fingerprint density at radius 2 is 1.72 bits per heavy atom. The van der Waals surface area contributed by atoms with E-state index in [1.165, 1.54) is 0 Å². The number of hydrogen-bond donors (Lipinski definition) is 6. The average molecular weight is 258 g/mol. The van der Waals surface area contributed by atoms with E-state index in [0.717, 1.165) is 0 Å². The third-order valence-corrected chi connectivity index (χ3v) is 2.48. The van der Waals surface area contributed by atoms with Gasteiger partial charge in [-0.2, -0.15) is 0 Å². The number of rotatable bonds is 7. The number of anilines is 1. The van der Waals surface area contributed by atoms with Crippen molar-refractivity contribution in [1.29, 1.82) is 0 Å². The maximum absolute atomic E-state index is 9.60. The molecular formula is C11H18N2O5. The Hall–Kier alpha value is -1.25. The molecule has 0 spiro atoms. The quantitative estimate of drug-likeness (QED) is 0.332. The highest BCUT2D eigenvalue weighted by atomic mass is 16.4. The molecule has 0 aliphatic heterocycles. The zero-order chi connectivity index (χ0) is 13.5. The Morgan fingerprint density at radius 3 is 2.28 bits per heavy atom. The van der Waals surface area contributed by atoms with Crippen LogP contribution in [0.15, 0.2) is 24.4 Å². The van der Waals surface area contributed by atoms with Crippen LogP contribution in [0.4, 0.5) is 5.82 Å². The molecule has 1 rings (SSSR count). The van der Waals surface area contributed by atoms with Crippen LogP contribution < -0.4 is 5.32 Å². The molecule has 0 saturated heterocycles. The first-order chi connectivity index (χ1) is 8.56. The second-order valence-corrected chi connectivity index (χ2v) is 3.89. The average Bonchev–Trinajstić information content (AvgIpc) is 2.43. The van der Waals surface area contributed by atoms with Crippen LogP contribution in [0.3, 0.4) is 0 Å². The maximum Gasteiger partial charge on any atom is 0.125 e. The lowest BCUT2D eigenvalue weighted by atomic mass is 10.0. The van der Waals surface area contributed by atoms with Crippen molar-refractivity contribution >= 4 is 5.82 Å². The summed E-state index contributed by atoms with van der Waals surface area (Å²) in [5, 5.41) is 49.0. The highest BCUT2D eigenvalue weighted by Gasteiger charge is 2.29. The molecule has 7 heteroatoms. The van der Waals surface area contributed by atoms with Gasteiger partial charge < -0.3 is 30.8 Å². The summed E-state index contributed by atoms with van der Waals surface area (Å²) in [6, 6.07) is 5.17. The van der Waals surface area contributed by atoms with Gasteiger partial charge in [0.25, 0.3) is 0 Å². The molecule has 102 valence electrons. The van der Waals surface area contributed by atoms with Crippen LogP contribution in [0.1, 0.15) is 0 Å². The topological polar surface area (TPSA) is 126 Å². The molecule has 6 N–H and O–H groups in total. The number of nitrogens with zero attached hydrogens (tertiary/aromatic N) is 1. The molecule has 4 atom stereocenters. The molecule has 1 aromatic rings. The van der Waals surface area contributed by atoms with Crippen LogP contribution in [0.5, 0.6) is 0 Å². The van der Waals surface area contributed by atoms with Crippen LogP contribution in [0, 0.1) is 0 Å². The van der Waals surface area contributed by atoms with E-state index in [1.807, 2.05) is 0 Å². The van der Waals surface area contributed by atoms with Gasteiger partial charge in [-0.05, 0) is 12.1 Å². The van der Waals surface area contributed by atoms with Crippen molar-refractivity contribution in [3.63, 3.8) is 0 Å². The summed E-state index contributed by atoms with van der Waals surface area (Å²) in [5.74, 6) is 0.515. The van der Waals surface area contributed by atoms with Gasteiger partial charge in [-0.25, -0.2) is 4.98 Å². The van der Waals surface area contributed by atoms with Crippen LogP contribution >= 0.6 is 0 Å². The van der Waals surface area contributed by atoms with Gasteiger partial charge >= 0.3 is 0 Å². The van der Waals surface area contributed by atoms with E-state index in [1.54, 1.807) is 24.4 Å². The van der Waals surface area contributed by atoms with Crippen LogP contribution in [0.2, 0.25) is 0 Å². The molecule has 0 radical (unpaired) electrons. The van der Waals surface area contributed by atoms with Gasteiger partial charge in [-0.1, -0.05) is 6.07 Å². The molecule has 1 heterocycles. The minimum Gasteiger partial charge on any atom is -0.394 e. The Bertz CT molecular complexity index is 337. The summed E-state index contributed by atoms with van der Waals surface area (Å²) in [5.41, 5.74) is 0. The normalized spacial score (nSPS) is 17.8. The number of pyridine rings is 1. The standard InChI is InChI=1S/C11H18N2O5/c14-6-8(16)11(18)10(17)7(15)5-13-9-3-1-2-4-12-9/h1-4,7-8,10-11,14-18H,5-6H2,(H,12,13)/t7-,8-,10-,11-/m1/s1. The monoisotopic (exact) mass is 258 g/mol. The van der Waals surface area contributed by atoms with Crippen molar-refractivity contribution in [3.8, 4) is 0 Å². The maximum atomic E-state index is 9.60. The van der Waals surface area contributed by atoms with Crippen LogP contribution in [-0.4, -0.2) is 68.1 Å².